The minimum atomic E-state index is -0.416. The van der Waals surface area contributed by atoms with Crippen LogP contribution in [-0.2, 0) is 5.41 Å². The Kier molecular flexibility index (Phi) is 8.72. The molecule has 2 aliphatic heterocycles. The number of rotatable bonds is 5. The third-order valence-corrected chi connectivity index (χ3v) is 17.1. The average Bonchev–Trinajstić information content (AvgIpc) is 3.99. The third-order valence-electron chi connectivity index (χ3n) is 15.9. The summed E-state index contributed by atoms with van der Waals surface area (Å²) < 4.78 is 2.72. The van der Waals surface area contributed by atoms with E-state index in [0.717, 1.165) is 0 Å². The molecule has 10 aromatic rings. The second-order valence-electron chi connectivity index (χ2n) is 20.5. The highest BCUT2D eigenvalue weighted by atomic mass is 32.1. The molecule has 0 saturated carbocycles. The Morgan fingerprint density at radius 1 is 0.464 bits per heavy atom. The van der Waals surface area contributed by atoms with Crippen LogP contribution in [0.5, 0.6) is 0 Å². The molecule has 0 radical (unpaired) electrons. The fraction of sp³-hybridized carbons (Fsp3) is 0.138. The number of fused-ring (bicyclic) bond motifs is 16. The molecule has 330 valence electrons. The highest BCUT2D eigenvalue weighted by Crippen LogP contribution is 2.64. The Hall–Kier alpha value is -7.40. The van der Waals surface area contributed by atoms with Crippen molar-refractivity contribution in [2.45, 2.75) is 58.8 Å². The van der Waals surface area contributed by atoms with E-state index >= 15 is 0 Å². The minimum absolute atomic E-state index is 0.0193. The van der Waals surface area contributed by atoms with E-state index in [-0.39, 0.29) is 6.71 Å². The predicted octanol–water partition coefficient (Wildman–Crippen LogP) is 15.9. The standard InChI is InChI=1S/C65H51BN2S/c1-38(2)45-20-14-21-46(39(3)4)61(45)42-29-33-56-59(35-42)67(43-16-8-7-9-17-43)57-24-15-25-58-62(57)66(56)64-63(68(58)44-30-26-40(5)27-31-44)51-36-50-49-32-28-41(6)34-54(49)65(55(50)37-60(51)69-64)52-22-12-10-18-47(52)48-19-11-13-23-53(48)65/h7-39H,1-6H3. The molecule has 3 heterocycles. The topological polar surface area (TPSA) is 6.48 Å². The van der Waals surface area contributed by atoms with Gasteiger partial charge in [-0.1, -0.05) is 172 Å². The first kappa shape index (κ1) is 40.7. The lowest BCUT2D eigenvalue weighted by Gasteiger charge is -2.43. The molecule has 1 spiro atoms. The zero-order chi connectivity index (χ0) is 46.4. The number of hydrogen-bond acceptors (Lipinski definition) is 3. The summed E-state index contributed by atoms with van der Waals surface area (Å²) >= 11 is 2.01. The highest BCUT2D eigenvalue weighted by Gasteiger charge is 2.53. The van der Waals surface area contributed by atoms with Gasteiger partial charge in [-0.05, 0) is 158 Å². The van der Waals surface area contributed by atoms with Crippen molar-refractivity contribution in [1.29, 1.82) is 0 Å². The van der Waals surface area contributed by atoms with Crippen LogP contribution in [0.4, 0.5) is 34.1 Å². The van der Waals surface area contributed by atoms with Crippen LogP contribution in [0.3, 0.4) is 0 Å². The van der Waals surface area contributed by atoms with E-state index in [4.69, 9.17) is 0 Å². The number of aryl methyl sites for hydroxylation is 2. The number of para-hydroxylation sites is 1. The fourth-order valence-corrected chi connectivity index (χ4v) is 14.4. The van der Waals surface area contributed by atoms with Crippen molar-refractivity contribution in [3.63, 3.8) is 0 Å². The second-order valence-corrected chi connectivity index (χ2v) is 21.6. The van der Waals surface area contributed by atoms with Crippen LogP contribution in [0, 0.1) is 13.8 Å². The van der Waals surface area contributed by atoms with E-state index in [0.29, 0.717) is 11.8 Å². The number of hydrogen-bond donors (Lipinski definition) is 0. The average molecular weight is 903 g/mol. The molecule has 0 saturated heterocycles. The lowest BCUT2D eigenvalue weighted by Crippen LogP contribution is -2.60. The largest absolute Gasteiger partial charge is 0.311 e. The fourth-order valence-electron chi connectivity index (χ4n) is 13.0. The third kappa shape index (κ3) is 5.50. The van der Waals surface area contributed by atoms with E-state index in [1.165, 1.54) is 138 Å². The second kappa shape index (κ2) is 14.8. The molecule has 1 aromatic heterocycles. The number of thiophene rings is 1. The first-order chi connectivity index (χ1) is 33.7. The molecule has 0 fully saturated rings. The Morgan fingerprint density at radius 3 is 1.75 bits per heavy atom. The van der Waals surface area contributed by atoms with Crippen molar-refractivity contribution in [2.75, 3.05) is 9.80 Å². The SMILES string of the molecule is Cc1ccc(N2c3cccc4c3B(c3ccc(-c5c(C(C)C)cccc5C(C)C)cc3N4c3ccccc3)c3sc4cc5c(cc4c32)-c2ccc(C)cc2C52c3ccccc3-c3ccccc32)cc1. The summed E-state index contributed by atoms with van der Waals surface area (Å²) in [5.41, 5.74) is 28.6. The van der Waals surface area contributed by atoms with Gasteiger partial charge in [-0.15, -0.1) is 11.3 Å². The predicted molar refractivity (Wildman–Crippen MR) is 295 cm³/mol. The van der Waals surface area contributed by atoms with Crippen LogP contribution in [0.2, 0.25) is 0 Å². The number of anilines is 6. The van der Waals surface area contributed by atoms with Crippen molar-refractivity contribution in [2.24, 2.45) is 0 Å². The molecule has 2 nitrogen and oxygen atoms in total. The Bertz CT molecular complexity index is 3710. The van der Waals surface area contributed by atoms with E-state index in [1.54, 1.807) is 0 Å². The Labute approximate surface area is 410 Å². The van der Waals surface area contributed by atoms with E-state index < -0.39 is 5.41 Å². The molecular weight excluding hydrogens is 852 g/mol. The molecule has 0 atom stereocenters. The summed E-state index contributed by atoms with van der Waals surface area (Å²) in [5, 5.41) is 1.31. The molecule has 69 heavy (non-hydrogen) atoms. The molecule has 2 aliphatic carbocycles. The van der Waals surface area contributed by atoms with Gasteiger partial charge in [0.25, 0.3) is 6.71 Å². The Morgan fingerprint density at radius 2 is 1.06 bits per heavy atom. The van der Waals surface area contributed by atoms with Crippen LogP contribution in [0.1, 0.15) is 84.0 Å². The summed E-state index contributed by atoms with van der Waals surface area (Å²) in [7, 11) is 0. The molecule has 9 aromatic carbocycles. The smallest absolute Gasteiger partial charge is 0.264 e. The lowest BCUT2D eigenvalue weighted by molar-refractivity contribution is 0.794. The van der Waals surface area contributed by atoms with Crippen LogP contribution in [-0.4, -0.2) is 6.71 Å². The van der Waals surface area contributed by atoms with Gasteiger partial charge in [-0.25, -0.2) is 0 Å². The van der Waals surface area contributed by atoms with Crippen LogP contribution in [0.15, 0.2) is 188 Å². The van der Waals surface area contributed by atoms with Crippen LogP contribution < -0.4 is 25.5 Å². The van der Waals surface area contributed by atoms with Crippen molar-refractivity contribution < 1.29 is 0 Å². The molecule has 14 rings (SSSR count). The molecule has 0 bridgehead atoms. The van der Waals surface area contributed by atoms with Gasteiger partial charge in [-0.3, -0.25) is 0 Å². The van der Waals surface area contributed by atoms with Crippen molar-refractivity contribution >= 4 is 78.0 Å². The summed E-state index contributed by atoms with van der Waals surface area (Å²) in [6, 6.07) is 72.4. The van der Waals surface area contributed by atoms with Crippen molar-refractivity contribution in [1.82, 2.24) is 0 Å². The van der Waals surface area contributed by atoms with E-state index in [1.807, 2.05) is 11.3 Å². The molecule has 0 unspecified atom stereocenters. The molecule has 4 aliphatic rings. The molecule has 0 N–H and O–H groups in total. The first-order valence-corrected chi connectivity index (χ1v) is 25.6. The van der Waals surface area contributed by atoms with Gasteiger partial charge in [0.2, 0.25) is 0 Å². The summed E-state index contributed by atoms with van der Waals surface area (Å²) in [6.07, 6.45) is 0. The van der Waals surface area contributed by atoms with E-state index in [9.17, 15) is 0 Å². The van der Waals surface area contributed by atoms with Crippen LogP contribution >= 0.6 is 11.3 Å². The van der Waals surface area contributed by atoms with Gasteiger partial charge in [0.1, 0.15) is 0 Å². The zero-order valence-electron chi connectivity index (χ0n) is 39.9. The highest BCUT2D eigenvalue weighted by molar-refractivity contribution is 7.33. The quantitative estimate of drug-likeness (QED) is 0.159. The molecule has 0 amide bonds. The summed E-state index contributed by atoms with van der Waals surface area (Å²) in [6.45, 7) is 13.8. The Balaban J connectivity index is 1.08. The van der Waals surface area contributed by atoms with Gasteiger partial charge < -0.3 is 9.80 Å². The maximum absolute atomic E-state index is 2.61. The van der Waals surface area contributed by atoms with Gasteiger partial charge in [-0.2, -0.15) is 0 Å². The first-order valence-electron chi connectivity index (χ1n) is 24.8. The zero-order valence-corrected chi connectivity index (χ0v) is 40.7. The van der Waals surface area contributed by atoms with Gasteiger partial charge >= 0.3 is 0 Å². The molecular formula is C65H51BN2S. The molecule has 4 heteroatoms. The maximum Gasteiger partial charge on any atom is 0.264 e. The number of nitrogens with zero attached hydrogens (tertiary/aromatic N) is 2. The van der Waals surface area contributed by atoms with Crippen LogP contribution in [0.25, 0.3) is 43.5 Å². The van der Waals surface area contributed by atoms with Gasteiger partial charge in [0, 0.05) is 43.3 Å². The minimum Gasteiger partial charge on any atom is -0.311 e. The summed E-state index contributed by atoms with van der Waals surface area (Å²) in [5.74, 6) is 0.775. The van der Waals surface area contributed by atoms with E-state index in [2.05, 4.69) is 239 Å². The normalized spacial score (nSPS) is 14.2. The van der Waals surface area contributed by atoms with Crippen molar-refractivity contribution in [3.05, 3.63) is 233 Å². The number of benzene rings is 9. The monoisotopic (exact) mass is 902 g/mol. The lowest BCUT2D eigenvalue weighted by atomic mass is 9.36. The van der Waals surface area contributed by atoms with Gasteiger partial charge in [0.05, 0.1) is 11.1 Å². The maximum atomic E-state index is 2.61. The van der Waals surface area contributed by atoms with Crippen molar-refractivity contribution in [3.8, 4) is 33.4 Å². The summed E-state index contributed by atoms with van der Waals surface area (Å²) in [4.78, 5) is 5.16. The van der Waals surface area contributed by atoms with Gasteiger partial charge in [0.15, 0.2) is 0 Å².